The van der Waals surface area contributed by atoms with Crippen molar-refractivity contribution in [2.24, 2.45) is 0 Å². The number of halogens is 5. The van der Waals surface area contributed by atoms with Crippen molar-refractivity contribution in [3.63, 3.8) is 0 Å². The third-order valence-electron chi connectivity index (χ3n) is 3.36. The first-order valence-electron chi connectivity index (χ1n) is 6.60. The van der Waals surface area contributed by atoms with Crippen LogP contribution in [0.5, 0.6) is 11.5 Å². The molecular weight excluding hydrogens is 311 g/mol. The highest BCUT2D eigenvalue weighted by atomic mass is 19.4. The van der Waals surface area contributed by atoms with Crippen molar-refractivity contribution in [1.29, 1.82) is 0 Å². The van der Waals surface area contributed by atoms with Gasteiger partial charge < -0.3 is 15.2 Å². The van der Waals surface area contributed by atoms with Crippen LogP contribution < -0.4 is 10.1 Å². The van der Waals surface area contributed by atoms with Crippen molar-refractivity contribution in [2.45, 2.75) is 18.8 Å². The number of phenolic OH excluding ortho intramolecular Hbond substituents is 1. The first kappa shape index (κ1) is 16.8. The fourth-order valence-electron chi connectivity index (χ4n) is 2.44. The quantitative estimate of drug-likeness (QED) is 0.835. The molecule has 2 N–H and O–H groups in total. The number of nitrogens with zero attached hydrogens (tertiary/aromatic N) is 1. The number of benzene rings is 1. The first-order valence-corrected chi connectivity index (χ1v) is 6.60. The van der Waals surface area contributed by atoms with Crippen molar-refractivity contribution < 1.29 is 31.8 Å². The molecule has 0 radical (unpaired) electrons. The molecule has 1 atom stereocenters. The number of phenols is 1. The number of rotatable bonds is 4. The topological polar surface area (TPSA) is 44.7 Å². The summed E-state index contributed by atoms with van der Waals surface area (Å²) in [6, 6.07) is 1.72. The minimum atomic E-state index is -5.01. The van der Waals surface area contributed by atoms with E-state index in [9.17, 15) is 27.1 Å². The molecule has 0 saturated carbocycles. The van der Waals surface area contributed by atoms with Gasteiger partial charge in [0.2, 0.25) is 0 Å². The number of piperazine rings is 1. The summed E-state index contributed by atoms with van der Waals surface area (Å²) < 4.78 is 67.2. The lowest BCUT2D eigenvalue weighted by Crippen LogP contribution is -2.46. The standard InChI is InChI=1S/C13H15F5N2O2/c14-12(15)10(20-6-4-19-5-7-20)8-2-1-3-9(11(8)21)22-13(16,17)18/h1-3,10,12,19,21H,4-7H2/t10-/m1/s1. The van der Waals surface area contributed by atoms with Gasteiger partial charge >= 0.3 is 6.36 Å². The maximum absolute atomic E-state index is 13.4. The van der Waals surface area contributed by atoms with E-state index >= 15 is 0 Å². The molecule has 1 aliphatic rings. The van der Waals surface area contributed by atoms with E-state index < -0.39 is 30.3 Å². The zero-order valence-corrected chi connectivity index (χ0v) is 11.4. The Labute approximate surface area is 123 Å². The second-order valence-electron chi connectivity index (χ2n) is 4.81. The number of ether oxygens (including phenoxy) is 1. The SMILES string of the molecule is Oc1c(OC(F)(F)F)cccc1[C@H](C(F)F)N1CCNCC1. The minimum absolute atomic E-state index is 0.279. The van der Waals surface area contributed by atoms with Crippen molar-refractivity contribution >= 4 is 0 Å². The van der Waals surface area contributed by atoms with Gasteiger partial charge in [0.1, 0.15) is 6.04 Å². The highest BCUT2D eigenvalue weighted by Gasteiger charge is 2.36. The molecule has 0 spiro atoms. The summed E-state index contributed by atoms with van der Waals surface area (Å²) in [5.41, 5.74) is -0.279. The zero-order chi connectivity index (χ0) is 16.3. The Kier molecular flexibility index (Phi) is 5.07. The number of para-hydroxylation sites is 1. The van der Waals surface area contributed by atoms with Crippen LogP contribution in [0, 0.1) is 0 Å². The van der Waals surface area contributed by atoms with Crippen LogP contribution in [-0.2, 0) is 0 Å². The average Bonchev–Trinajstić information content (AvgIpc) is 2.42. The Morgan fingerprint density at radius 3 is 2.36 bits per heavy atom. The first-order chi connectivity index (χ1) is 10.3. The zero-order valence-electron chi connectivity index (χ0n) is 11.4. The second-order valence-corrected chi connectivity index (χ2v) is 4.81. The van der Waals surface area contributed by atoms with Gasteiger partial charge in [-0.25, -0.2) is 8.78 Å². The van der Waals surface area contributed by atoms with Crippen LogP contribution in [0.1, 0.15) is 11.6 Å². The van der Waals surface area contributed by atoms with E-state index in [1.807, 2.05) is 0 Å². The fourth-order valence-corrected chi connectivity index (χ4v) is 2.44. The molecule has 22 heavy (non-hydrogen) atoms. The summed E-state index contributed by atoms with van der Waals surface area (Å²) in [5.74, 6) is -1.80. The molecule has 1 aromatic carbocycles. The molecule has 2 rings (SSSR count). The van der Waals surface area contributed by atoms with Gasteiger partial charge in [0, 0.05) is 31.7 Å². The van der Waals surface area contributed by atoms with E-state index in [1.165, 1.54) is 11.0 Å². The fraction of sp³-hybridized carbons (Fsp3) is 0.538. The van der Waals surface area contributed by atoms with E-state index in [1.54, 1.807) is 0 Å². The smallest absolute Gasteiger partial charge is 0.504 e. The summed E-state index contributed by atoms with van der Waals surface area (Å²) in [7, 11) is 0. The maximum Gasteiger partial charge on any atom is 0.573 e. The summed E-state index contributed by atoms with van der Waals surface area (Å²) in [5, 5.41) is 12.9. The van der Waals surface area contributed by atoms with Crippen molar-refractivity contribution in [3.8, 4) is 11.5 Å². The average molecular weight is 326 g/mol. The predicted octanol–water partition coefficient (Wildman–Crippen LogP) is 2.50. The van der Waals surface area contributed by atoms with Crippen molar-refractivity contribution in [1.82, 2.24) is 10.2 Å². The highest BCUT2D eigenvalue weighted by molar-refractivity contribution is 5.47. The van der Waals surface area contributed by atoms with Crippen LogP contribution in [0.3, 0.4) is 0 Å². The van der Waals surface area contributed by atoms with Gasteiger partial charge in [-0.05, 0) is 6.07 Å². The number of nitrogens with one attached hydrogen (secondary N) is 1. The maximum atomic E-state index is 13.4. The molecule has 9 heteroatoms. The molecule has 0 aliphatic carbocycles. The minimum Gasteiger partial charge on any atom is -0.504 e. The van der Waals surface area contributed by atoms with Crippen LogP contribution in [0.25, 0.3) is 0 Å². The molecular formula is C13H15F5N2O2. The Balaban J connectivity index is 2.33. The van der Waals surface area contributed by atoms with Crippen molar-refractivity contribution in [3.05, 3.63) is 23.8 Å². The van der Waals surface area contributed by atoms with E-state index in [4.69, 9.17) is 0 Å². The molecule has 0 aromatic heterocycles. The van der Waals surface area contributed by atoms with Crippen LogP contribution in [0.4, 0.5) is 22.0 Å². The Morgan fingerprint density at radius 2 is 1.82 bits per heavy atom. The van der Waals surface area contributed by atoms with Crippen LogP contribution >= 0.6 is 0 Å². The molecule has 1 saturated heterocycles. The van der Waals surface area contributed by atoms with Gasteiger partial charge in [0.05, 0.1) is 0 Å². The normalized spacial score (nSPS) is 18.5. The molecule has 0 unspecified atom stereocenters. The molecule has 1 fully saturated rings. The number of aromatic hydroxyl groups is 1. The number of hydrogen-bond acceptors (Lipinski definition) is 4. The van der Waals surface area contributed by atoms with Gasteiger partial charge in [0.15, 0.2) is 11.5 Å². The van der Waals surface area contributed by atoms with E-state index in [0.29, 0.717) is 26.2 Å². The third kappa shape index (κ3) is 3.98. The summed E-state index contributed by atoms with van der Waals surface area (Å²) in [4.78, 5) is 1.42. The predicted molar refractivity (Wildman–Crippen MR) is 68.0 cm³/mol. The summed E-state index contributed by atoms with van der Waals surface area (Å²) in [6.45, 7) is 1.59. The van der Waals surface area contributed by atoms with Gasteiger partial charge in [-0.2, -0.15) is 0 Å². The Hall–Kier alpha value is -1.61. The largest absolute Gasteiger partial charge is 0.573 e. The summed E-state index contributed by atoms with van der Waals surface area (Å²) >= 11 is 0. The molecule has 1 aromatic rings. The van der Waals surface area contributed by atoms with Gasteiger partial charge in [-0.1, -0.05) is 12.1 Å². The van der Waals surface area contributed by atoms with Crippen LogP contribution in [0.2, 0.25) is 0 Å². The molecule has 4 nitrogen and oxygen atoms in total. The molecule has 124 valence electrons. The van der Waals surface area contributed by atoms with E-state index in [0.717, 1.165) is 12.1 Å². The van der Waals surface area contributed by atoms with E-state index in [-0.39, 0.29) is 5.56 Å². The van der Waals surface area contributed by atoms with Crippen molar-refractivity contribution in [2.75, 3.05) is 26.2 Å². The Morgan fingerprint density at radius 1 is 1.18 bits per heavy atom. The Bertz CT molecular complexity index is 504. The van der Waals surface area contributed by atoms with Gasteiger partial charge in [0.25, 0.3) is 6.43 Å². The van der Waals surface area contributed by atoms with Gasteiger partial charge in [-0.3, -0.25) is 4.90 Å². The van der Waals surface area contributed by atoms with Gasteiger partial charge in [-0.15, -0.1) is 13.2 Å². The molecule has 0 amide bonds. The monoisotopic (exact) mass is 326 g/mol. The lowest BCUT2D eigenvalue weighted by molar-refractivity contribution is -0.275. The number of alkyl halides is 5. The lowest BCUT2D eigenvalue weighted by atomic mass is 10.0. The summed E-state index contributed by atoms with van der Waals surface area (Å²) in [6.07, 6.45) is -7.86. The molecule has 1 heterocycles. The second kappa shape index (κ2) is 6.66. The highest BCUT2D eigenvalue weighted by Crippen LogP contribution is 2.40. The number of hydrogen-bond donors (Lipinski definition) is 2. The molecule has 1 aliphatic heterocycles. The van der Waals surface area contributed by atoms with Crippen LogP contribution in [-0.4, -0.2) is 49.0 Å². The molecule has 0 bridgehead atoms. The lowest BCUT2D eigenvalue weighted by Gasteiger charge is -2.35. The van der Waals surface area contributed by atoms with E-state index in [2.05, 4.69) is 10.1 Å². The third-order valence-corrected chi connectivity index (χ3v) is 3.36. The van der Waals surface area contributed by atoms with Crippen LogP contribution in [0.15, 0.2) is 18.2 Å².